The first-order chi connectivity index (χ1) is 9.24. The fraction of sp³-hybridized carbons (Fsp3) is 0.400. The van der Waals surface area contributed by atoms with E-state index in [1.807, 2.05) is 6.07 Å². The standard InChI is InChI=1S/C15H17FN2O/c1-10-3-2-4-12(15(10)16)13-9-18-14(19-13)7-8-17-11-5-6-11/h2-4,9,11,17H,5-8H2,1H3. The average molecular weight is 260 g/mol. The van der Waals surface area contributed by atoms with Gasteiger partial charge in [-0.2, -0.15) is 0 Å². The van der Waals surface area contributed by atoms with Crippen molar-refractivity contribution < 1.29 is 8.81 Å². The van der Waals surface area contributed by atoms with Gasteiger partial charge in [-0.1, -0.05) is 12.1 Å². The Morgan fingerprint density at radius 3 is 3.05 bits per heavy atom. The monoisotopic (exact) mass is 260 g/mol. The van der Waals surface area contributed by atoms with Gasteiger partial charge in [-0.3, -0.25) is 0 Å². The molecule has 4 heteroatoms. The molecule has 100 valence electrons. The highest BCUT2D eigenvalue weighted by atomic mass is 19.1. The number of halogens is 1. The van der Waals surface area contributed by atoms with Crippen molar-refractivity contribution in [1.29, 1.82) is 0 Å². The van der Waals surface area contributed by atoms with Crippen molar-refractivity contribution in [2.75, 3.05) is 6.54 Å². The third-order valence-corrected chi connectivity index (χ3v) is 3.36. The third kappa shape index (κ3) is 2.84. The summed E-state index contributed by atoms with van der Waals surface area (Å²) >= 11 is 0. The Morgan fingerprint density at radius 2 is 2.26 bits per heavy atom. The molecule has 1 aromatic heterocycles. The number of nitrogens with one attached hydrogen (secondary N) is 1. The zero-order chi connectivity index (χ0) is 13.2. The summed E-state index contributed by atoms with van der Waals surface area (Å²) in [5.41, 5.74) is 1.10. The molecule has 1 aliphatic carbocycles. The van der Waals surface area contributed by atoms with E-state index in [9.17, 15) is 4.39 Å². The van der Waals surface area contributed by atoms with E-state index in [1.165, 1.54) is 12.8 Å². The molecule has 0 amide bonds. The maximum absolute atomic E-state index is 14.0. The molecule has 1 fully saturated rings. The van der Waals surface area contributed by atoms with E-state index in [4.69, 9.17) is 4.42 Å². The minimum Gasteiger partial charge on any atom is -0.441 e. The molecule has 1 N–H and O–H groups in total. The summed E-state index contributed by atoms with van der Waals surface area (Å²) in [5.74, 6) is 0.924. The predicted molar refractivity (Wildman–Crippen MR) is 71.4 cm³/mol. The normalized spacial score (nSPS) is 14.8. The van der Waals surface area contributed by atoms with Crippen LogP contribution in [-0.4, -0.2) is 17.6 Å². The molecule has 1 heterocycles. The number of aryl methyl sites for hydroxylation is 1. The van der Waals surface area contributed by atoms with Gasteiger partial charge in [0.15, 0.2) is 11.7 Å². The summed E-state index contributed by atoms with van der Waals surface area (Å²) in [6.07, 6.45) is 4.88. The van der Waals surface area contributed by atoms with Crippen LogP contribution in [0.2, 0.25) is 0 Å². The van der Waals surface area contributed by atoms with Crippen LogP contribution in [0, 0.1) is 12.7 Å². The van der Waals surface area contributed by atoms with E-state index in [1.54, 1.807) is 25.3 Å². The second-order valence-corrected chi connectivity index (χ2v) is 5.03. The van der Waals surface area contributed by atoms with E-state index in [0.717, 1.165) is 13.0 Å². The molecule has 0 bridgehead atoms. The Balaban J connectivity index is 1.70. The van der Waals surface area contributed by atoms with Crippen LogP contribution in [0.3, 0.4) is 0 Å². The highest BCUT2D eigenvalue weighted by Gasteiger charge is 2.20. The minimum absolute atomic E-state index is 0.235. The van der Waals surface area contributed by atoms with Gasteiger partial charge < -0.3 is 9.73 Å². The number of nitrogens with zero attached hydrogens (tertiary/aromatic N) is 1. The van der Waals surface area contributed by atoms with Gasteiger partial charge in [-0.25, -0.2) is 9.37 Å². The molecule has 0 atom stereocenters. The third-order valence-electron chi connectivity index (χ3n) is 3.36. The van der Waals surface area contributed by atoms with Crippen molar-refractivity contribution in [3.05, 3.63) is 41.7 Å². The van der Waals surface area contributed by atoms with Crippen LogP contribution in [0.25, 0.3) is 11.3 Å². The molecule has 3 rings (SSSR count). The van der Waals surface area contributed by atoms with Crippen molar-refractivity contribution >= 4 is 0 Å². The van der Waals surface area contributed by atoms with Crippen molar-refractivity contribution in [3.8, 4) is 11.3 Å². The average Bonchev–Trinajstić information content (AvgIpc) is 3.10. The van der Waals surface area contributed by atoms with Gasteiger partial charge in [0.05, 0.1) is 11.8 Å². The number of aromatic nitrogens is 1. The van der Waals surface area contributed by atoms with E-state index in [0.29, 0.717) is 28.8 Å². The van der Waals surface area contributed by atoms with Crippen molar-refractivity contribution in [1.82, 2.24) is 10.3 Å². The summed E-state index contributed by atoms with van der Waals surface area (Å²) in [5, 5.41) is 3.40. The lowest BCUT2D eigenvalue weighted by Gasteiger charge is -2.02. The molecule has 1 aliphatic rings. The van der Waals surface area contributed by atoms with E-state index < -0.39 is 0 Å². The second-order valence-electron chi connectivity index (χ2n) is 5.03. The first-order valence-corrected chi connectivity index (χ1v) is 6.67. The molecule has 2 aromatic rings. The molecule has 0 spiro atoms. The molecule has 0 aliphatic heterocycles. The summed E-state index contributed by atoms with van der Waals surface area (Å²) < 4.78 is 19.6. The Hall–Kier alpha value is -1.68. The van der Waals surface area contributed by atoms with Gasteiger partial charge in [0, 0.05) is 19.0 Å². The first kappa shape index (κ1) is 12.4. The minimum atomic E-state index is -0.235. The lowest BCUT2D eigenvalue weighted by atomic mass is 10.1. The van der Waals surface area contributed by atoms with Crippen LogP contribution < -0.4 is 5.32 Å². The summed E-state index contributed by atoms with van der Waals surface area (Å²) in [6.45, 7) is 2.61. The quantitative estimate of drug-likeness (QED) is 0.897. The maximum atomic E-state index is 14.0. The Labute approximate surface area is 111 Å². The SMILES string of the molecule is Cc1cccc(-c2cnc(CCNC3CC3)o2)c1F. The van der Waals surface area contributed by atoms with Crippen LogP contribution in [-0.2, 0) is 6.42 Å². The van der Waals surface area contributed by atoms with Gasteiger partial charge >= 0.3 is 0 Å². The number of hydrogen-bond acceptors (Lipinski definition) is 3. The van der Waals surface area contributed by atoms with E-state index in [-0.39, 0.29) is 5.82 Å². The van der Waals surface area contributed by atoms with Crippen LogP contribution in [0.5, 0.6) is 0 Å². The van der Waals surface area contributed by atoms with Crippen molar-refractivity contribution in [3.63, 3.8) is 0 Å². The topological polar surface area (TPSA) is 38.1 Å². The lowest BCUT2D eigenvalue weighted by molar-refractivity contribution is 0.491. The van der Waals surface area contributed by atoms with E-state index >= 15 is 0 Å². The zero-order valence-electron chi connectivity index (χ0n) is 10.9. The fourth-order valence-corrected chi connectivity index (χ4v) is 2.06. The molecular weight excluding hydrogens is 243 g/mol. The highest BCUT2D eigenvalue weighted by molar-refractivity contribution is 5.58. The lowest BCUT2D eigenvalue weighted by Crippen LogP contribution is -2.19. The molecular formula is C15H17FN2O. The Bertz CT molecular complexity index is 575. The molecule has 0 unspecified atom stereocenters. The number of oxazole rings is 1. The molecule has 0 radical (unpaired) electrons. The van der Waals surface area contributed by atoms with E-state index in [2.05, 4.69) is 10.3 Å². The summed E-state index contributed by atoms with van der Waals surface area (Å²) in [6, 6.07) is 5.97. The molecule has 1 aromatic carbocycles. The van der Waals surface area contributed by atoms with Crippen LogP contribution in [0.1, 0.15) is 24.3 Å². The number of rotatable bonds is 5. The maximum Gasteiger partial charge on any atom is 0.196 e. The molecule has 1 saturated carbocycles. The first-order valence-electron chi connectivity index (χ1n) is 6.67. The number of hydrogen-bond donors (Lipinski definition) is 1. The van der Waals surface area contributed by atoms with Crippen LogP contribution in [0.4, 0.5) is 4.39 Å². The van der Waals surface area contributed by atoms with Gasteiger partial charge in [0.1, 0.15) is 5.82 Å². The highest BCUT2D eigenvalue weighted by Crippen LogP contribution is 2.25. The molecule has 3 nitrogen and oxygen atoms in total. The summed E-state index contributed by atoms with van der Waals surface area (Å²) in [4.78, 5) is 4.21. The predicted octanol–water partition coefficient (Wildman–Crippen LogP) is 3.08. The summed E-state index contributed by atoms with van der Waals surface area (Å²) in [7, 11) is 0. The van der Waals surface area contributed by atoms with Gasteiger partial charge in [0.2, 0.25) is 0 Å². The fourth-order valence-electron chi connectivity index (χ4n) is 2.06. The molecule has 0 saturated heterocycles. The van der Waals surface area contributed by atoms with Gasteiger partial charge in [-0.15, -0.1) is 0 Å². The zero-order valence-corrected chi connectivity index (χ0v) is 10.9. The van der Waals surface area contributed by atoms with Crippen LogP contribution >= 0.6 is 0 Å². The molecule has 19 heavy (non-hydrogen) atoms. The van der Waals surface area contributed by atoms with Crippen molar-refractivity contribution in [2.24, 2.45) is 0 Å². The second kappa shape index (κ2) is 5.13. The Kier molecular flexibility index (Phi) is 3.34. The smallest absolute Gasteiger partial charge is 0.196 e. The van der Waals surface area contributed by atoms with Gasteiger partial charge in [-0.05, 0) is 31.4 Å². The Morgan fingerprint density at radius 1 is 1.42 bits per heavy atom. The largest absolute Gasteiger partial charge is 0.441 e. The number of benzene rings is 1. The van der Waals surface area contributed by atoms with Crippen molar-refractivity contribution in [2.45, 2.75) is 32.2 Å². The van der Waals surface area contributed by atoms with Gasteiger partial charge in [0.25, 0.3) is 0 Å². The van der Waals surface area contributed by atoms with Crippen LogP contribution in [0.15, 0.2) is 28.8 Å².